The summed E-state index contributed by atoms with van der Waals surface area (Å²) in [5.41, 5.74) is 4.38. The summed E-state index contributed by atoms with van der Waals surface area (Å²) in [4.78, 5) is 18.5. The Balaban J connectivity index is 2.82. The molecule has 0 aliphatic heterocycles. The number of benzene rings is 1. The predicted octanol–water partition coefficient (Wildman–Crippen LogP) is 2.43. The zero-order valence-electron chi connectivity index (χ0n) is 8.60. The summed E-state index contributed by atoms with van der Waals surface area (Å²) >= 11 is 3.41. The van der Waals surface area contributed by atoms with Crippen molar-refractivity contribution < 1.29 is 0 Å². The molecule has 0 spiro atoms. The molecule has 2 aromatic rings. The van der Waals surface area contributed by atoms with Crippen LogP contribution in [0.5, 0.6) is 0 Å². The predicted molar refractivity (Wildman–Crippen MR) is 64.5 cm³/mol. The first-order chi connectivity index (χ1) is 7.11. The third-order valence-electron chi connectivity index (χ3n) is 2.46. The van der Waals surface area contributed by atoms with Gasteiger partial charge in [0.2, 0.25) is 0 Å². The SMILES string of the molecule is Cc1cc2nc(C)c(=O)[nH]c2cc1CBr. The topological polar surface area (TPSA) is 45.8 Å². The lowest BCUT2D eigenvalue weighted by Gasteiger charge is -2.05. The fourth-order valence-corrected chi connectivity index (χ4v) is 2.12. The van der Waals surface area contributed by atoms with Crippen molar-refractivity contribution in [2.45, 2.75) is 19.2 Å². The van der Waals surface area contributed by atoms with Gasteiger partial charge in [-0.05, 0) is 37.1 Å². The number of nitrogens with zero attached hydrogens (tertiary/aromatic N) is 1. The minimum atomic E-state index is -0.119. The largest absolute Gasteiger partial charge is 0.319 e. The Morgan fingerprint density at radius 2 is 2.13 bits per heavy atom. The number of H-pyrrole nitrogens is 1. The van der Waals surface area contributed by atoms with E-state index >= 15 is 0 Å². The zero-order chi connectivity index (χ0) is 11.0. The first-order valence-corrected chi connectivity index (χ1v) is 5.80. The number of aromatic amines is 1. The first-order valence-electron chi connectivity index (χ1n) is 4.68. The van der Waals surface area contributed by atoms with Gasteiger partial charge in [-0.2, -0.15) is 0 Å². The molecule has 0 bridgehead atoms. The van der Waals surface area contributed by atoms with Gasteiger partial charge in [0.15, 0.2) is 0 Å². The van der Waals surface area contributed by atoms with Gasteiger partial charge in [-0.15, -0.1) is 0 Å². The molecule has 0 aliphatic rings. The quantitative estimate of drug-likeness (QED) is 0.806. The maximum atomic E-state index is 11.4. The normalized spacial score (nSPS) is 10.9. The maximum absolute atomic E-state index is 11.4. The molecular weight excluding hydrogens is 256 g/mol. The monoisotopic (exact) mass is 266 g/mol. The van der Waals surface area contributed by atoms with E-state index in [1.807, 2.05) is 19.1 Å². The van der Waals surface area contributed by atoms with Gasteiger partial charge in [0, 0.05) is 5.33 Å². The summed E-state index contributed by atoms with van der Waals surface area (Å²) in [6.07, 6.45) is 0. The average molecular weight is 267 g/mol. The standard InChI is InChI=1S/C11H11BrN2O/c1-6-3-9-10(4-8(6)5-12)14-11(15)7(2)13-9/h3-4H,5H2,1-2H3,(H,14,15). The summed E-state index contributed by atoms with van der Waals surface area (Å²) in [5.74, 6) is 0. The van der Waals surface area contributed by atoms with Gasteiger partial charge in [-0.3, -0.25) is 4.79 Å². The molecule has 0 aliphatic carbocycles. The van der Waals surface area contributed by atoms with E-state index in [0.717, 1.165) is 16.4 Å². The number of halogens is 1. The third kappa shape index (κ3) is 1.81. The van der Waals surface area contributed by atoms with E-state index in [2.05, 4.69) is 25.9 Å². The van der Waals surface area contributed by atoms with Gasteiger partial charge < -0.3 is 4.98 Å². The second-order valence-electron chi connectivity index (χ2n) is 3.58. The molecule has 15 heavy (non-hydrogen) atoms. The highest BCUT2D eigenvalue weighted by molar-refractivity contribution is 9.08. The van der Waals surface area contributed by atoms with E-state index in [4.69, 9.17) is 0 Å². The van der Waals surface area contributed by atoms with Crippen LogP contribution in [-0.4, -0.2) is 9.97 Å². The molecule has 0 amide bonds. The van der Waals surface area contributed by atoms with Crippen LogP contribution in [0.4, 0.5) is 0 Å². The Labute approximate surface area is 95.7 Å². The minimum Gasteiger partial charge on any atom is -0.319 e. The smallest absolute Gasteiger partial charge is 0.269 e. The molecule has 4 heteroatoms. The molecule has 1 aromatic carbocycles. The molecule has 0 fully saturated rings. The summed E-state index contributed by atoms with van der Waals surface area (Å²) in [6.45, 7) is 3.75. The molecule has 0 saturated heterocycles. The van der Waals surface area contributed by atoms with Crippen molar-refractivity contribution >= 4 is 27.0 Å². The lowest BCUT2D eigenvalue weighted by atomic mass is 10.1. The van der Waals surface area contributed by atoms with Gasteiger partial charge in [-0.1, -0.05) is 15.9 Å². The van der Waals surface area contributed by atoms with E-state index in [1.165, 1.54) is 11.1 Å². The highest BCUT2D eigenvalue weighted by Gasteiger charge is 2.04. The Morgan fingerprint density at radius 1 is 1.40 bits per heavy atom. The number of fused-ring (bicyclic) bond motifs is 1. The Morgan fingerprint density at radius 3 is 2.80 bits per heavy atom. The Kier molecular flexibility index (Phi) is 2.61. The van der Waals surface area contributed by atoms with Crippen LogP contribution >= 0.6 is 15.9 Å². The fraction of sp³-hybridized carbons (Fsp3) is 0.273. The highest BCUT2D eigenvalue weighted by atomic mass is 79.9. The second-order valence-corrected chi connectivity index (χ2v) is 4.14. The van der Waals surface area contributed by atoms with E-state index in [0.29, 0.717) is 5.69 Å². The van der Waals surface area contributed by atoms with E-state index in [-0.39, 0.29) is 5.56 Å². The highest BCUT2D eigenvalue weighted by Crippen LogP contribution is 2.17. The number of aromatic nitrogens is 2. The Hall–Kier alpha value is -1.16. The number of rotatable bonds is 1. The molecular formula is C11H11BrN2O. The van der Waals surface area contributed by atoms with Crippen molar-refractivity contribution in [1.29, 1.82) is 0 Å². The maximum Gasteiger partial charge on any atom is 0.269 e. The molecule has 1 N–H and O–H groups in total. The van der Waals surface area contributed by atoms with Crippen molar-refractivity contribution in [3.8, 4) is 0 Å². The van der Waals surface area contributed by atoms with Crippen molar-refractivity contribution in [1.82, 2.24) is 9.97 Å². The van der Waals surface area contributed by atoms with Crippen LogP contribution in [0, 0.1) is 13.8 Å². The number of nitrogens with one attached hydrogen (secondary N) is 1. The summed E-state index contributed by atoms with van der Waals surface area (Å²) in [7, 11) is 0. The molecule has 1 heterocycles. The van der Waals surface area contributed by atoms with Gasteiger partial charge in [0.05, 0.1) is 11.0 Å². The number of aryl methyl sites for hydroxylation is 2. The van der Waals surface area contributed by atoms with Crippen LogP contribution < -0.4 is 5.56 Å². The van der Waals surface area contributed by atoms with Crippen molar-refractivity contribution in [3.63, 3.8) is 0 Å². The molecule has 2 rings (SSSR count). The van der Waals surface area contributed by atoms with Crippen LogP contribution in [0.1, 0.15) is 16.8 Å². The summed E-state index contributed by atoms with van der Waals surface area (Å²) in [5, 5.41) is 0.782. The Bertz CT molecular complexity index is 575. The number of hydrogen-bond acceptors (Lipinski definition) is 2. The molecule has 78 valence electrons. The van der Waals surface area contributed by atoms with E-state index < -0.39 is 0 Å². The zero-order valence-corrected chi connectivity index (χ0v) is 10.2. The second kappa shape index (κ2) is 3.77. The number of hydrogen-bond donors (Lipinski definition) is 1. The van der Waals surface area contributed by atoms with Crippen LogP contribution in [0.15, 0.2) is 16.9 Å². The minimum absolute atomic E-state index is 0.119. The van der Waals surface area contributed by atoms with E-state index in [1.54, 1.807) is 6.92 Å². The molecule has 0 unspecified atom stereocenters. The lowest BCUT2D eigenvalue weighted by Crippen LogP contribution is -2.11. The van der Waals surface area contributed by atoms with Gasteiger partial charge >= 0.3 is 0 Å². The van der Waals surface area contributed by atoms with Crippen LogP contribution in [0.3, 0.4) is 0 Å². The van der Waals surface area contributed by atoms with Gasteiger partial charge in [0.1, 0.15) is 5.69 Å². The first kappa shape index (κ1) is 10.4. The summed E-state index contributed by atoms with van der Waals surface area (Å²) in [6, 6.07) is 3.96. The third-order valence-corrected chi connectivity index (χ3v) is 3.07. The van der Waals surface area contributed by atoms with Gasteiger partial charge in [0.25, 0.3) is 5.56 Å². The number of alkyl halides is 1. The van der Waals surface area contributed by atoms with Crippen LogP contribution in [-0.2, 0) is 5.33 Å². The molecule has 3 nitrogen and oxygen atoms in total. The van der Waals surface area contributed by atoms with Gasteiger partial charge in [-0.25, -0.2) is 4.98 Å². The van der Waals surface area contributed by atoms with Crippen LogP contribution in [0.25, 0.3) is 11.0 Å². The van der Waals surface area contributed by atoms with Crippen LogP contribution in [0.2, 0.25) is 0 Å². The molecule has 0 saturated carbocycles. The molecule has 0 atom stereocenters. The summed E-state index contributed by atoms with van der Waals surface area (Å²) < 4.78 is 0. The van der Waals surface area contributed by atoms with Crippen molar-refractivity contribution in [3.05, 3.63) is 39.3 Å². The van der Waals surface area contributed by atoms with Crippen molar-refractivity contribution in [2.75, 3.05) is 0 Å². The average Bonchev–Trinajstić information content (AvgIpc) is 2.20. The lowest BCUT2D eigenvalue weighted by molar-refractivity contribution is 1.12. The van der Waals surface area contributed by atoms with Crippen molar-refractivity contribution in [2.24, 2.45) is 0 Å². The molecule has 1 aromatic heterocycles. The fourth-order valence-electron chi connectivity index (χ4n) is 1.52. The molecule has 0 radical (unpaired) electrons. The van der Waals surface area contributed by atoms with E-state index in [9.17, 15) is 4.79 Å².